The number of ether oxygens (including phenoxy) is 1. The molecule has 3 aromatic rings. The van der Waals surface area contributed by atoms with Crippen molar-refractivity contribution < 1.29 is 9.53 Å². The summed E-state index contributed by atoms with van der Waals surface area (Å²) in [5.41, 5.74) is 3.29. The fourth-order valence-electron chi connectivity index (χ4n) is 3.57. The van der Waals surface area contributed by atoms with Crippen LogP contribution in [-0.2, 0) is 4.79 Å². The second-order valence-corrected chi connectivity index (χ2v) is 8.34. The first-order valence-electron chi connectivity index (χ1n) is 10.1. The summed E-state index contributed by atoms with van der Waals surface area (Å²) in [6.45, 7) is 5.17. The van der Waals surface area contributed by atoms with Gasteiger partial charge in [-0.3, -0.25) is 4.79 Å². The highest BCUT2D eigenvalue weighted by Crippen LogP contribution is 2.24. The van der Waals surface area contributed by atoms with E-state index < -0.39 is 0 Å². The summed E-state index contributed by atoms with van der Waals surface area (Å²) < 4.78 is 6.60. The predicted octanol–water partition coefficient (Wildman–Crippen LogP) is 2.42. The molecule has 2 heterocycles. The second kappa shape index (κ2) is 9.30. The number of aromatic nitrogens is 3. The maximum atomic E-state index is 12.7. The molecule has 8 nitrogen and oxygen atoms in total. The van der Waals surface area contributed by atoms with Gasteiger partial charge in [-0.25, -0.2) is 4.68 Å². The van der Waals surface area contributed by atoms with Crippen LogP contribution in [0.3, 0.4) is 0 Å². The van der Waals surface area contributed by atoms with Crippen molar-refractivity contribution in [1.82, 2.24) is 19.8 Å². The summed E-state index contributed by atoms with van der Waals surface area (Å²) >= 11 is 1.31. The first-order chi connectivity index (χ1) is 15.0. The summed E-state index contributed by atoms with van der Waals surface area (Å²) in [5, 5.41) is 8.84. The Balaban J connectivity index is 1.31. The Morgan fingerprint density at radius 3 is 2.52 bits per heavy atom. The number of piperazine rings is 1. The molecule has 1 fully saturated rings. The lowest BCUT2D eigenvalue weighted by molar-refractivity contribution is -0.128. The number of amides is 1. The van der Waals surface area contributed by atoms with Crippen LogP contribution in [0.4, 0.5) is 5.69 Å². The SMILES string of the molecule is COc1ccc(-c2nnc(SCC(=O)N3CCN(c4cccc(C)c4)CC3)n2N)cc1. The zero-order valence-corrected chi connectivity index (χ0v) is 18.5. The van der Waals surface area contributed by atoms with Gasteiger partial charge in [-0.2, -0.15) is 0 Å². The van der Waals surface area contributed by atoms with Gasteiger partial charge < -0.3 is 20.4 Å². The van der Waals surface area contributed by atoms with Crippen molar-refractivity contribution in [3.63, 3.8) is 0 Å². The molecule has 1 amide bonds. The molecule has 1 saturated heterocycles. The molecule has 2 N–H and O–H groups in total. The molecular formula is C22H26N6O2S. The van der Waals surface area contributed by atoms with Crippen LogP contribution < -0.4 is 15.5 Å². The molecule has 0 aliphatic carbocycles. The van der Waals surface area contributed by atoms with Gasteiger partial charge in [-0.1, -0.05) is 23.9 Å². The minimum absolute atomic E-state index is 0.0860. The highest BCUT2D eigenvalue weighted by molar-refractivity contribution is 7.99. The van der Waals surface area contributed by atoms with Crippen LogP contribution in [0.25, 0.3) is 11.4 Å². The van der Waals surface area contributed by atoms with Gasteiger partial charge >= 0.3 is 0 Å². The van der Waals surface area contributed by atoms with E-state index in [0.717, 1.165) is 24.4 Å². The third-order valence-corrected chi connectivity index (χ3v) is 6.26. The van der Waals surface area contributed by atoms with Crippen LogP contribution >= 0.6 is 11.8 Å². The first kappa shape index (κ1) is 21.0. The Bertz CT molecular complexity index is 1040. The Hall–Kier alpha value is -3.20. The summed E-state index contributed by atoms with van der Waals surface area (Å²) in [6, 6.07) is 15.9. The zero-order valence-electron chi connectivity index (χ0n) is 17.7. The molecule has 0 spiro atoms. The van der Waals surface area contributed by atoms with Crippen molar-refractivity contribution in [3.05, 3.63) is 54.1 Å². The van der Waals surface area contributed by atoms with E-state index in [0.29, 0.717) is 24.1 Å². The summed E-state index contributed by atoms with van der Waals surface area (Å²) in [6.07, 6.45) is 0. The lowest BCUT2D eigenvalue weighted by Crippen LogP contribution is -2.49. The Morgan fingerprint density at radius 2 is 1.84 bits per heavy atom. The van der Waals surface area contributed by atoms with E-state index in [2.05, 4.69) is 46.3 Å². The van der Waals surface area contributed by atoms with E-state index >= 15 is 0 Å². The molecule has 31 heavy (non-hydrogen) atoms. The molecule has 0 radical (unpaired) electrons. The second-order valence-electron chi connectivity index (χ2n) is 7.40. The third kappa shape index (κ3) is 4.77. The lowest BCUT2D eigenvalue weighted by Gasteiger charge is -2.36. The summed E-state index contributed by atoms with van der Waals surface area (Å²) in [4.78, 5) is 16.9. The van der Waals surface area contributed by atoms with Crippen LogP contribution in [0.1, 0.15) is 5.56 Å². The van der Waals surface area contributed by atoms with Crippen molar-refractivity contribution in [2.75, 3.05) is 49.8 Å². The number of anilines is 1. The number of aryl methyl sites for hydroxylation is 1. The molecule has 0 unspecified atom stereocenters. The van der Waals surface area contributed by atoms with Crippen LogP contribution in [0.2, 0.25) is 0 Å². The van der Waals surface area contributed by atoms with Crippen molar-refractivity contribution in [3.8, 4) is 17.1 Å². The monoisotopic (exact) mass is 438 g/mol. The van der Waals surface area contributed by atoms with E-state index in [1.807, 2.05) is 29.2 Å². The Morgan fingerprint density at radius 1 is 1.10 bits per heavy atom. The van der Waals surface area contributed by atoms with Gasteiger partial charge in [0.1, 0.15) is 5.75 Å². The van der Waals surface area contributed by atoms with Crippen LogP contribution in [0.15, 0.2) is 53.7 Å². The van der Waals surface area contributed by atoms with Gasteiger partial charge in [0.05, 0.1) is 12.9 Å². The highest BCUT2D eigenvalue weighted by Gasteiger charge is 2.22. The number of nitrogen functional groups attached to an aromatic ring is 1. The van der Waals surface area contributed by atoms with Gasteiger partial charge in [0.15, 0.2) is 5.82 Å². The average Bonchev–Trinajstić information content (AvgIpc) is 3.18. The van der Waals surface area contributed by atoms with Crippen molar-refractivity contribution in [1.29, 1.82) is 0 Å². The number of methoxy groups -OCH3 is 1. The molecule has 4 rings (SSSR count). The summed E-state index contributed by atoms with van der Waals surface area (Å²) in [7, 11) is 1.62. The first-order valence-corrected chi connectivity index (χ1v) is 11.1. The minimum atomic E-state index is 0.0860. The Kier molecular flexibility index (Phi) is 6.31. The van der Waals surface area contributed by atoms with Crippen molar-refractivity contribution >= 4 is 23.4 Å². The molecular weight excluding hydrogens is 412 g/mol. The van der Waals surface area contributed by atoms with Crippen LogP contribution in [-0.4, -0.2) is 64.7 Å². The number of thioether (sulfide) groups is 1. The minimum Gasteiger partial charge on any atom is -0.497 e. The third-order valence-electron chi connectivity index (χ3n) is 5.34. The molecule has 1 aliphatic heterocycles. The van der Waals surface area contributed by atoms with Gasteiger partial charge in [0.2, 0.25) is 11.1 Å². The van der Waals surface area contributed by atoms with E-state index in [1.54, 1.807) is 7.11 Å². The van der Waals surface area contributed by atoms with E-state index in [-0.39, 0.29) is 11.7 Å². The molecule has 2 aromatic carbocycles. The number of nitrogens with two attached hydrogens (primary N) is 1. The van der Waals surface area contributed by atoms with Crippen molar-refractivity contribution in [2.45, 2.75) is 12.1 Å². The molecule has 0 atom stereocenters. The van der Waals surface area contributed by atoms with E-state index in [9.17, 15) is 4.79 Å². The smallest absolute Gasteiger partial charge is 0.233 e. The number of carbonyl (C=O) groups is 1. The number of nitrogens with zero attached hydrogens (tertiary/aromatic N) is 5. The van der Waals surface area contributed by atoms with Gasteiger partial charge in [-0.15, -0.1) is 10.2 Å². The lowest BCUT2D eigenvalue weighted by atomic mass is 10.2. The number of carbonyl (C=O) groups excluding carboxylic acids is 1. The van der Waals surface area contributed by atoms with Gasteiger partial charge in [-0.05, 0) is 48.9 Å². The summed E-state index contributed by atoms with van der Waals surface area (Å²) in [5.74, 6) is 7.84. The standard InChI is InChI=1S/C22H26N6O2S/c1-16-4-3-5-18(14-16)26-10-12-27(13-11-26)20(29)15-31-22-25-24-21(28(22)23)17-6-8-19(30-2)9-7-17/h3-9,14H,10-13,15,23H2,1-2H3. The molecule has 9 heteroatoms. The van der Waals surface area contributed by atoms with E-state index in [1.165, 1.54) is 27.7 Å². The molecule has 1 aromatic heterocycles. The van der Waals surface area contributed by atoms with Gasteiger partial charge in [0, 0.05) is 37.4 Å². The molecule has 0 bridgehead atoms. The zero-order chi connectivity index (χ0) is 21.8. The Labute approximate surface area is 186 Å². The molecule has 1 aliphatic rings. The fraction of sp³-hybridized carbons (Fsp3) is 0.318. The largest absolute Gasteiger partial charge is 0.497 e. The van der Waals surface area contributed by atoms with Gasteiger partial charge in [0.25, 0.3) is 0 Å². The average molecular weight is 439 g/mol. The topological polar surface area (TPSA) is 89.5 Å². The number of benzene rings is 2. The molecule has 162 valence electrons. The van der Waals surface area contributed by atoms with Crippen LogP contribution in [0, 0.1) is 6.92 Å². The maximum absolute atomic E-state index is 12.7. The quantitative estimate of drug-likeness (QED) is 0.467. The predicted molar refractivity (Wildman–Crippen MR) is 123 cm³/mol. The fourth-order valence-corrected chi connectivity index (χ4v) is 4.33. The molecule has 0 saturated carbocycles. The normalized spacial score (nSPS) is 14.0. The number of hydrogen-bond acceptors (Lipinski definition) is 7. The van der Waals surface area contributed by atoms with E-state index in [4.69, 9.17) is 10.6 Å². The number of rotatable bonds is 6. The van der Waals surface area contributed by atoms with Crippen LogP contribution in [0.5, 0.6) is 5.75 Å². The highest BCUT2D eigenvalue weighted by atomic mass is 32.2. The van der Waals surface area contributed by atoms with Crippen molar-refractivity contribution in [2.24, 2.45) is 0 Å². The maximum Gasteiger partial charge on any atom is 0.233 e. The number of hydrogen-bond donors (Lipinski definition) is 1.